The second kappa shape index (κ2) is 12.2. The number of benzene rings is 1. The summed E-state index contributed by atoms with van der Waals surface area (Å²) in [5, 5.41) is 19.5. The Morgan fingerprint density at radius 3 is 2.61 bits per heavy atom. The Kier molecular flexibility index (Phi) is 9.26. The fourth-order valence-corrected chi connectivity index (χ4v) is 4.47. The van der Waals surface area contributed by atoms with Crippen molar-refractivity contribution in [3.63, 3.8) is 0 Å². The molecule has 0 amide bonds. The third kappa shape index (κ3) is 7.64. The molecular formula is C30H41FN6O. The van der Waals surface area contributed by atoms with Crippen LogP contribution in [0.1, 0.15) is 66.0 Å². The number of halogens is 1. The van der Waals surface area contributed by atoms with Gasteiger partial charge in [0.15, 0.2) is 23.3 Å². The fraction of sp³-hybridized carbons (Fsp3) is 0.467. The number of hydrogen-bond acceptors (Lipinski definition) is 7. The average Bonchev–Trinajstić information content (AvgIpc) is 2.83. The smallest absolute Gasteiger partial charge is 0.180 e. The van der Waals surface area contributed by atoms with Crippen LogP contribution in [0.3, 0.4) is 0 Å². The summed E-state index contributed by atoms with van der Waals surface area (Å²) in [4.78, 5) is 6.79. The first-order chi connectivity index (χ1) is 17.9. The molecule has 0 unspecified atom stereocenters. The van der Waals surface area contributed by atoms with Crippen LogP contribution in [0, 0.1) is 23.1 Å². The largest absolute Gasteiger partial charge is 0.474 e. The number of hydrogen-bond donors (Lipinski definition) is 3. The molecule has 0 radical (unpaired) electrons. The summed E-state index contributed by atoms with van der Waals surface area (Å²) >= 11 is 0. The summed E-state index contributed by atoms with van der Waals surface area (Å²) < 4.78 is 21.0. The number of pyridine rings is 1. The minimum atomic E-state index is -0.578. The second-order valence-electron chi connectivity index (χ2n) is 11.1. The molecule has 1 aromatic heterocycles. The van der Waals surface area contributed by atoms with Crippen LogP contribution in [0.25, 0.3) is 6.08 Å². The molecule has 2 atom stereocenters. The van der Waals surface area contributed by atoms with Crippen LogP contribution in [0.15, 0.2) is 42.8 Å². The first-order valence-electron chi connectivity index (χ1n) is 13.2. The van der Waals surface area contributed by atoms with E-state index < -0.39 is 5.82 Å². The van der Waals surface area contributed by atoms with Crippen LogP contribution in [0.4, 0.5) is 27.4 Å². The molecule has 0 saturated heterocycles. The van der Waals surface area contributed by atoms with Gasteiger partial charge in [0.1, 0.15) is 11.7 Å². The summed E-state index contributed by atoms with van der Waals surface area (Å²) in [5.41, 5.74) is 2.77. The number of nitriles is 1. The maximum atomic E-state index is 15.1. The van der Waals surface area contributed by atoms with Gasteiger partial charge in [0.2, 0.25) is 0 Å². The number of aromatic nitrogens is 1. The zero-order valence-corrected chi connectivity index (χ0v) is 23.7. The molecular weight excluding hydrogens is 479 g/mol. The minimum absolute atomic E-state index is 0.0873. The molecule has 38 heavy (non-hydrogen) atoms. The number of fused-ring (bicyclic) bond motifs is 1. The Labute approximate surface area is 226 Å². The lowest BCUT2D eigenvalue weighted by Crippen LogP contribution is -2.44. The number of nitrogens with zero attached hydrogens (tertiary/aromatic N) is 3. The van der Waals surface area contributed by atoms with E-state index in [1.807, 2.05) is 45.9 Å². The highest BCUT2D eigenvalue weighted by atomic mass is 19.1. The zero-order valence-electron chi connectivity index (χ0n) is 23.7. The molecule has 1 aliphatic rings. The molecule has 0 bridgehead atoms. The van der Waals surface area contributed by atoms with Crippen LogP contribution in [0.2, 0.25) is 0 Å². The van der Waals surface area contributed by atoms with Gasteiger partial charge in [0.05, 0.1) is 5.56 Å². The Morgan fingerprint density at radius 1 is 1.24 bits per heavy atom. The molecule has 3 rings (SSSR count). The topological polar surface area (TPSA) is 85.2 Å². The second-order valence-corrected chi connectivity index (χ2v) is 11.1. The molecule has 204 valence electrons. The van der Waals surface area contributed by atoms with Gasteiger partial charge in [0, 0.05) is 36.5 Å². The van der Waals surface area contributed by atoms with Gasteiger partial charge in [-0.05, 0) is 77.3 Å². The van der Waals surface area contributed by atoms with E-state index in [4.69, 9.17) is 4.74 Å². The van der Waals surface area contributed by atoms with Crippen molar-refractivity contribution in [2.45, 2.75) is 72.6 Å². The zero-order chi connectivity index (χ0) is 28.0. The van der Waals surface area contributed by atoms with Crippen molar-refractivity contribution in [2.75, 3.05) is 28.6 Å². The summed E-state index contributed by atoms with van der Waals surface area (Å²) in [6.45, 7) is 19.9. The number of likely N-dealkylation sites (N-methyl/N-ethyl adjacent to an activating group) is 1. The van der Waals surface area contributed by atoms with E-state index in [-0.39, 0.29) is 29.1 Å². The van der Waals surface area contributed by atoms with Crippen molar-refractivity contribution in [2.24, 2.45) is 5.92 Å². The summed E-state index contributed by atoms with van der Waals surface area (Å²) in [6, 6.07) is 9.00. The lowest BCUT2D eigenvalue weighted by Gasteiger charge is -2.31. The summed E-state index contributed by atoms with van der Waals surface area (Å²) in [5.74, 6) is 0.614. The minimum Gasteiger partial charge on any atom is -0.474 e. The maximum Gasteiger partial charge on any atom is 0.180 e. The Morgan fingerprint density at radius 2 is 1.97 bits per heavy atom. The Bertz CT molecular complexity index is 1210. The third-order valence-electron chi connectivity index (χ3n) is 6.20. The van der Waals surface area contributed by atoms with E-state index in [1.54, 1.807) is 0 Å². The summed E-state index contributed by atoms with van der Waals surface area (Å²) in [7, 11) is 0. The molecule has 1 aromatic carbocycles. The highest BCUT2D eigenvalue weighted by Crippen LogP contribution is 2.31. The molecule has 8 heteroatoms. The third-order valence-corrected chi connectivity index (χ3v) is 6.20. The number of rotatable bonds is 11. The van der Waals surface area contributed by atoms with E-state index in [1.165, 1.54) is 6.07 Å². The normalized spacial score (nSPS) is 14.4. The van der Waals surface area contributed by atoms with Crippen LogP contribution < -0.4 is 20.9 Å². The first kappa shape index (κ1) is 28.8. The van der Waals surface area contributed by atoms with Crippen LogP contribution in [-0.2, 0) is 4.74 Å². The predicted octanol–water partition coefficient (Wildman–Crippen LogP) is 6.78. The Hall–Kier alpha value is -3.73. The van der Waals surface area contributed by atoms with Crippen molar-refractivity contribution in [3.05, 3.63) is 59.7 Å². The van der Waals surface area contributed by atoms with E-state index in [9.17, 15) is 5.26 Å². The van der Waals surface area contributed by atoms with Crippen molar-refractivity contribution in [3.8, 4) is 6.07 Å². The monoisotopic (exact) mass is 520 g/mol. The number of anilines is 4. The molecule has 0 fully saturated rings. The van der Waals surface area contributed by atoms with Gasteiger partial charge in [-0.15, -0.1) is 0 Å². The number of nitrogens with one attached hydrogen (secondary N) is 3. The molecule has 7 nitrogen and oxygen atoms in total. The molecule has 2 aromatic rings. The average molecular weight is 521 g/mol. The standard InChI is InChI=1S/C30H41FN6O/c1-9-37-14-10-11-22-12-13-24(17-27(22)37)34-28-23(18-32)16-25(31)29(36-28)35-26(15-19(2)3)20(4)33-21(5)38-30(6,7)8/h10-13,16-17,19-20,26,33H,5,9,14-15H2,1-4,6-8H3,(H2,34,35,36)/t20-,26+/m0/s1. The van der Waals surface area contributed by atoms with Gasteiger partial charge >= 0.3 is 0 Å². The summed E-state index contributed by atoms with van der Waals surface area (Å²) in [6.07, 6.45) is 5.00. The maximum absolute atomic E-state index is 15.1. The van der Waals surface area contributed by atoms with Gasteiger partial charge in [0.25, 0.3) is 0 Å². The SMILES string of the molecule is C=C(N[C@@H](C)[C@@H](CC(C)C)Nc1nc(Nc2ccc3c(c2)N(CC)CC=C3)c(C#N)cc1F)OC(C)(C)C. The van der Waals surface area contributed by atoms with E-state index in [0.29, 0.717) is 17.6 Å². The molecule has 0 spiro atoms. The van der Waals surface area contributed by atoms with Crippen LogP contribution in [0.5, 0.6) is 0 Å². The van der Waals surface area contributed by atoms with Gasteiger partial charge < -0.3 is 25.6 Å². The van der Waals surface area contributed by atoms with Crippen molar-refractivity contribution < 1.29 is 9.13 Å². The predicted molar refractivity (Wildman–Crippen MR) is 155 cm³/mol. The molecule has 3 N–H and O–H groups in total. The Balaban J connectivity index is 1.87. The molecule has 2 heterocycles. The molecule has 0 saturated carbocycles. The van der Waals surface area contributed by atoms with E-state index in [2.05, 4.69) is 71.4 Å². The van der Waals surface area contributed by atoms with Crippen molar-refractivity contribution in [1.82, 2.24) is 10.3 Å². The van der Waals surface area contributed by atoms with Crippen LogP contribution in [-0.4, -0.2) is 35.8 Å². The molecule has 0 aliphatic carbocycles. The van der Waals surface area contributed by atoms with E-state index in [0.717, 1.165) is 36.4 Å². The van der Waals surface area contributed by atoms with Gasteiger partial charge in [-0.25, -0.2) is 9.37 Å². The van der Waals surface area contributed by atoms with Gasteiger partial charge in [-0.2, -0.15) is 5.26 Å². The van der Waals surface area contributed by atoms with Gasteiger partial charge in [-0.3, -0.25) is 0 Å². The van der Waals surface area contributed by atoms with Gasteiger partial charge in [-0.1, -0.05) is 32.1 Å². The lowest BCUT2D eigenvalue weighted by molar-refractivity contribution is 0.0381. The quantitative estimate of drug-likeness (QED) is 0.282. The lowest BCUT2D eigenvalue weighted by atomic mass is 9.98. The van der Waals surface area contributed by atoms with Crippen LogP contribution >= 0.6 is 0 Å². The first-order valence-corrected chi connectivity index (χ1v) is 13.2. The van der Waals surface area contributed by atoms with Crippen molar-refractivity contribution in [1.29, 1.82) is 5.26 Å². The molecule has 1 aliphatic heterocycles. The highest BCUT2D eigenvalue weighted by Gasteiger charge is 2.24. The fourth-order valence-electron chi connectivity index (χ4n) is 4.47. The number of ether oxygens (including phenoxy) is 1. The van der Waals surface area contributed by atoms with Crippen molar-refractivity contribution >= 4 is 29.1 Å². The highest BCUT2D eigenvalue weighted by molar-refractivity contribution is 5.77. The van der Waals surface area contributed by atoms with E-state index >= 15 is 4.39 Å².